The van der Waals surface area contributed by atoms with Gasteiger partial charge in [0.15, 0.2) is 0 Å². The Balaban J connectivity index is 2.45. The van der Waals surface area contributed by atoms with Gasteiger partial charge in [-0.05, 0) is 0 Å². The molecule has 0 aromatic heterocycles. The van der Waals surface area contributed by atoms with E-state index in [0.717, 1.165) is 15.0 Å². The Morgan fingerprint density at radius 3 is 2.43 bits per heavy atom. The van der Waals surface area contributed by atoms with Gasteiger partial charge in [0.25, 0.3) is 0 Å². The Kier molecular flexibility index (Phi) is 7.00. The van der Waals surface area contributed by atoms with Gasteiger partial charge in [-0.25, -0.2) is 0 Å². The van der Waals surface area contributed by atoms with Crippen LogP contribution < -0.4 is 0 Å². The van der Waals surface area contributed by atoms with Crippen LogP contribution in [0.1, 0.15) is 26.2 Å². The summed E-state index contributed by atoms with van der Waals surface area (Å²) < 4.78 is 0. The van der Waals surface area contributed by atoms with E-state index in [0.29, 0.717) is 0 Å². The SMILES string of the molecule is CCCCC[Se]C. The van der Waals surface area contributed by atoms with Crippen molar-refractivity contribution in [2.24, 2.45) is 0 Å². The zero-order valence-corrected chi connectivity index (χ0v) is 6.95. The third-order valence-corrected chi connectivity index (χ3v) is 2.41. The van der Waals surface area contributed by atoms with Crippen LogP contribution in [-0.2, 0) is 0 Å². The van der Waals surface area contributed by atoms with E-state index in [4.69, 9.17) is 0 Å². The first-order valence-corrected chi connectivity index (χ1v) is 5.83. The topological polar surface area (TPSA) is 0 Å². The van der Waals surface area contributed by atoms with Crippen LogP contribution in [0.2, 0.25) is 11.1 Å². The second-order valence-corrected chi connectivity index (χ2v) is 3.77. The molecule has 0 saturated heterocycles. The molecule has 0 rings (SSSR count). The van der Waals surface area contributed by atoms with Gasteiger partial charge in [0.2, 0.25) is 0 Å². The molecule has 0 fully saturated rings. The summed E-state index contributed by atoms with van der Waals surface area (Å²) in [6, 6.07) is 0. The monoisotopic (exact) mass is 166 g/mol. The maximum atomic E-state index is 2.31. The molecule has 7 heavy (non-hydrogen) atoms. The van der Waals surface area contributed by atoms with Gasteiger partial charge >= 0.3 is 52.3 Å². The third kappa shape index (κ3) is 6.52. The van der Waals surface area contributed by atoms with E-state index in [2.05, 4.69) is 12.7 Å². The molecule has 0 radical (unpaired) electrons. The third-order valence-electron chi connectivity index (χ3n) is 0.952. The van der Waals surface area contributed by atoms with Gasteiger partial charge in [-0.1, -0.05) is 0 Å². The van der Waals surface area contributed by atoms with Gasteiger partial charge in [0.05, 0.1) is 0 Å². The van der Waals surface area contributed by atoms with E-state index >= 15 is 0 Å². The molecule has 0 saturated carbocycles. The van der Waals surface area contributed by atoms with Crippen molar-refractivity contribution in [3.63, 3.8) is 0 Å². The van der Waals surface area contributed by atoms with E-state index in [-0.39, 0.29) is 0 Å². The summed E-state index contributed by atoms with van der Waals surface area (Å²) in [5.74, 6) is 2.31. The minimum atomic E-state index is 0.926. The second-order valence-electron chi connectivity index (χ2n) is 1.70. The van der Waals surface area contributed by atoms with E-state index in [1.54, 1.807) is 0 Å². The van der Waals surface area contributed by atoms with Crippen molar-refractivity contribution in [2.45, 2.75) is 37.3 Å². The molecule has 0 aromatic rings. The van der Waals surface area contributed by atoms with Gasteiger partial charge in [-0.3, -0.25) is 0 Å². The molecular weight excluding hydrogens is 151 g/mol. The average molecular weight is 165 g/mol. The molecule has 0 heterocycles. The molecule has 0 amide bonds. The molecule has 0 atom stereocenters. The van der Waals surface area contributed by atoms with Crippen LogP contribution in [-0.4, -0.2) is 15.0 Å². The van der Waals surface area contributed by atoms with Gasteiger partial charge in [0.1, 0.15) is 0 Å². The van der Waals surface area contributed by atoms with Crippen molar-refractivity contribution < 1.29 is 0 Å². The van der Waals surface area contributed by atoms with Gasteiger partial charge in [-0.2, -0.15) is 0 Å². The Morgan fingerprint density at radius 1 is 1.29 bits per heavy atom. The summed E-state index contributed by atoms with van der Waals surface area (Å²) in [6.45, 7) is 2.25. The average Bonchev–Trinajstić information content (AvgIpc) is 1.69. The quantitative estimate of drug-likeness (QED) is 0.443. The van der Waals surface area contributed by atoms with Crippen LogP contribution in [0.25, 0.3) is 0 Å². The summed E-state index contributed by atoms with van der Waals surface area (Å²) in [5.41, 5.74) is 0. The fraction of sp³-hybridized carbons (Fsp3) is 1.00. The zero-order chi connectivity index (χ0) is 5.54. The molecule has 0 aliphatic rings. The van der Waals surface area contributed by atoms with Crippen LogP contribution in [0.3, 0.4) is 0 Å². The molecule has 0 bridgehead atoms. The molecule has 0 nitrogen and oxygen atoms in total. The molecule has 0 N–H and O–H groups in total. The summed E-state index contributed by atoms with van der Waals surface area (Å²) in [7, 11) is 0. The molecule has 1 heteroatoms. The first-order chi connectivity index (χ1) is 3.41. The molecule has 0 unspecified atom stereocenters. The van der Waals surface area contributed by atoms with Crippen LogP contribution in [0.5, 0.6) is 0 Å². The van der Waals surface area contributed by atoms with Crippen molar-refractivity contribution >= 4 is 15.0 Å². The fourth-order valence-electron chi connectivity index (χ4n) is 0.496. The predicted octanol–water partition coefficient (Wildman–Crippen LogP) is 2.35. The van der Waals surface area contributed by atoms with Crippen LogP contribution in [0, 0.1) is 0 Å². The maximum absolute atomic E-state index is 2.31. The first-order valence-electron chi connectivity index (χ1n) is 2.90. The Labute approximate surface area is 52.8 Å². The van der Waals surface area contributed by atoms with Crippen molar-refractivity contribution in [2.75, 3.05) is 0 Å². The zero-order valence-electron chi connectivity index (χ0n) is 5.24. The van der Waals surface area contributed by atoms with Crippen molar-refractivity contribution in [3.8, 4) is 0 Å². The number of rotatable bonds is 4. The summed E-state index contributed by atoms with van der Waals surface area (Å²) >= 11 is 0.926. The molecular formula is C6H14Se. The second kappa shape index (κ2) is 6.52. The van der Waals surface area contributed by atoms with Crippen LogP contribution in [0.15, 0.2) is 0 Å². The standard InChI is InChI=1S/C6H14Se/c1-3-4-5-6-7-2/h3-6H2,1-2H3. The van der Waals surface area contributed by atoms with E-state index in [1.807, 2.05) is 0 Å². The Hall–Kier alpha value is 0.519. The first kappa shape index (κ1) is 7.52. The molecule has 44 valence electrons. The van der Waals surface area contributed by atoms with E-state index in [9.17, 15) is 0 Å². The van der Waals surface area contributed by atoms with Gasteiger partial charge in [0, 0.05) is 0 Å². The fourth-order valence-corrected chi connectivity index (χ4v) is 1.53. The Morgan fingerprint density at radius 2 is 2.00 bits per heavy atom. The number of unbranched alkanes of at least 4 members (excludes halogenated alkanes) is 2. The van der Waals surface area contributed by atoms with Gasteiger partial charge in [-0.15, -0.1) is 0 Å². The van der Waals surface area contributed by atoms with E-state index < -0.39 is 0 Å². The molecule has 0 aliphatic carbocycles. The van der Waals surface area contributed by atoms with Crippen LogP contribution in [0.4, 0.5) is 0 Å². The van der Waals surface area contributed by atoms with Gasteiger partial charge < -0.3 is 0 Å². The summed E-state index contributed by atoms with van der Waals surface area (Å²) in [6.07, 6.45) is 4.28. The predicted molar refractivity (Wildman–Crippen MR) is 35.9 cm³/mol. The van der Waals surface area contributed by atoms with E-state index in [1.165, 1.54) is 24.6 Å². The summed E-state index contributed by atoms with van der Waals surface area (Å²) in [5, 5.41) is 1.49. The molecule has 0 spiro atoms. The number of hydrogen-bond acceptors (Lipinski definition) is 0. The molecule has 0 aliphatic heterocycles. The Bertz CT molecular complexity index is 23.4. The van der Waals surface area contributed by atoms with Crippen molar-refractivity contribution in [1.82, 2.24) is 0 Å². The van der Waals surface area contributed by atoms with Crippen molar-refractivity contribution in [1.29, 1.82) is 0 Å². The number of hydrogen-bond donors (Lipinski definition) is 0. The molecule has 0 aromatic carbocycles. The summed E-state index contributed by atoms with van der Waals surface area (Å²) in [4.78, 5) is 0. The minimum absolute atomic E-state index is 0.926. The van der Waals surface area contributed by atoms with Crippen LogP contribution >= 0.6 is 0 Å². The van der Waals surface area contributed by atoms with Crippen molar-refractivity contribution in [3.05, 3.63) is 0 Å². The normalized spacial score (nSPS) is 9.43.